The summed E-state index contributed by atoms with van der Waals surface area (Å²) in [6, 6.07) is 7.50. The number of hydrogen-bond donors (Lipinski definition) is 3. The largest absolute Gasteiger partial charge is 0.494 e. The van der Waals surface area contributed by atoms with Gasteiger partial charge in [-0.1, -0.05) is 19.1 Å². The highest BCUT2D eigenvalue weighted by Crippen LogP contribution is 2.20. The fraction of sp³-hybridized carbons (Fsp3) is 0.600. The Bertz CT molecular complexity index is 340. The molecule has 3 N–H and O–H groups in total. The van der Waals surface area contributed by atoms with Crippen LogP contribution in [0.4, 0.5) is 0 Å². The fourth-order valence-electron chi connectivity index (χ4n) is 1.79. The van der Waals surface area contributed by atoms with Gasteiger partial charge in [-0.05, 0) is 44.0 Å². The maximum absolute atomic E-state index is 10.2. The van der Waals surface area contributed by atoms with Crippen molar-refractivity contribution in [2.75, 3.05) is 19.8 Å². The summed E-state index contributed by atoms with van der Waals surface area (Å²) in [5.41, 5.74) is 0.868. The third kappa shape index (κ3) is 5.59. The number of ether oxygens (including phenoxy) is 1. The Balaban J connectivity index is 2.49. The first-order valence-corrected chi connectivity index (χ1v) is 6.94. The molecule has 0 saturated carbocycles. The van der Waals surface area contributed by atoms with Crippen LogP contribution in [0.25, 0.3) is 0 Å². The molecule has 108 valence electrons. The summed E-state index contributed by atoms with van der Waals surface area (Å²) in [7, 11) is 0. The SMILES string of the molecule is CCCOc1ccc(C(O)C(C)NCCCO)cc1. The lowest BCUT2D eigenvalue weighted by atomic mass is 10.0. The highest BCUT2D eigenvalue weighted by molar-refractivity contribution is 5.29. The van der Waals surface area contributed by atoms with Gasteiger partial charge in [-0.25, -0.2) is 0 Å². The Kier molecular flexibility index (Phi) is 7.48. The van der Waals surface area contributed by atoms with Gasteiger partial charge in [-0.3, -0.25) is 0 Å². The quantitative estimate of drug-likeness (QED) is 0.598. The van der Waals surface area contributed by atoms with Crippen LogP contribution in [0, 0.1) is 0 Å². The van der Waals surface area contributed by atoms with Gasteiger partial charge in [0.1, 0.15) is 5.75 Å². The molecule has 2 unspecified atom stereocenters. The average Bonchev–Trinajstić information content (AvgIpc) is 2.45. The predicted octanol–water partition coefficient (Wildman–Crippen LogP) is 1.87. The van der Waals surface area contributed by atoms with Crippen molar-refractivity contribution in [2.45, 2.75) is 38.8 Å². The molecule has 1 aromatic rings. The van der Waals surface area contributed by atoms with Gasteiger partial charge in [-0.2, -0.15) is 0 Å². The van der Waals surface area contributed by atoms with E-state index in [1.165, 1.54) is 0 Å². The lowest BCUT2D eigenvalue weighted by Gasteiger charge is -2.20. The number of aliphatic hydroxyl groups is 2. The molecule has 0 radical (unpaired) electrons. The van der Waals surface area contributed by atoms with Gasteiger partial charge in [0.15, 0.2) is 0 Å². The summed E-state index contributed by atoms with van der Waals surface area (Å²) in [5, 5.41) is 22.1. The minimum Gasteiger partial charge on any atom is -0.494 e. The molecule has 1 rings (SSSR count). The molecule has 0 saturated heterocycles. The maximum Gasteiger partial charge on any atom is 0.119 e. The normalized spacial score (nSPS) is 14.1. The molecule has 2 atom stereocenters. The molecule has 0 bridgehead atoms. The first-order chi connectivity index (χ1) is 9.19. The highest BCUT2D eigenvalue weighted by atomic mass is 16.5. The molecular formula is C15H25NO3. The van der Waals surface area contributed by atoms with Gasteiger partial charge in [0.2, 0.25) is 0 Å². The number of benzene rings is 1. The van der Waals surface area contributed by atoms with Crippen LogP contribution < -0.4 is 10.1 Å². The first kappa shape index (κ1) is 16.0. The van der Waals surface area contributed by atoms with Crippen LogP contribution in [0.3, 0.4) is 0 Å². The summed E-state index contributed by atoms with van der Waals surface area (Å²) < 4.78 is 5.50. The molecule has 0 aliphatic heterocycles. The Morgan fingerprint density at radius 1 is 1.26 bits per heavy atom. The Labute approximate surface area is 115 Å². The van der Waals surface area contributed by atoms with Crippen molar-refractivity contribution in [3.05, 3.63) is 29.8 Å². The van der Waals surface area contributed by atoms with Gasteiger partial charge in [0.25, 0.3) is 0 Å². The third-order valence-electron chi connectivity index (χ3n) is 2.97. The van der Waals surface area contributed by atoms with Gasteiger partial charge in [0, 0.05) is 12.6 Å². The van der Waals surface area contributed by atoms with Gasteiger partial charge < -0.3 is 20.3 Å². The zero-order chi connectivity index (χ0) is 14.1. The minimum atomic E-state index is -0.557. The lowest BCUT2D eigenvalue weighted by Crippen LogP contribution is -2.33. The van der Waals surface area contributed by atoms with E-state index in [0.717, 1.165) is 17.7 Å². The Morgan fingerprint density at radius 2 is 1.95 bits per heavy atom. The molecule has 4 nitrogen and oxygen atoms in total. The minimum absolute atomic E-state index is 0.0473. The van der Waals surface area contributed by atoms with Crippen LogP contribution in [-0.2, 0) is 0 Å². The highest BCUT2D eigenvalue weighted by Gasteiger charge is 2.15. The smallest absolute Gasteiger partial charge is 0.119 e. The van der Waals surface area contributed by atoms with Crippen molar-refractivity contribution in [2.24, 2.45) is 0 Å². The van der Waals surface area contributed by atoms with E-state index < -0.39 is 6.10 Å². The second-order valence-corrected chi connectivity index (χ2v) is 4.68. The summed E-state index contributed by atoms with van der Waals surface area (Å²) >= 11 is 0. The van der Waals surface area contributed by atoms with Crippen LogP contribution in [0.5, 0.6) is 5.75 Å². The topological polar surface area (TPSA) is 61.7 Å². The number of nitrogens with one attached hydrogen (secondary N) is 1. The summed E-state index contributed by atoms with van der Waals surface area (Å²) in [6.45, 7) is 5.58. The average molecular weight is 267 g/mol. The zero-order valence-corrected chi connectivity index (χ0v) is 11.8. The molecule has 0 aliphatic rings. The summed E-state index contributed by atoms with van der Waals surface area (Å²) in [4.78, 5) is 0. The summed E-state index contributed by atoms with van der Waals surface area (Å²) in [6.07, 6.45) is 1.12. The molecule has 0 aliphatic carbocycles. The number of aliphatic hydroxyl groups excluding tert-OH is 2. The van der Waals surface area contributed by atoms with Gasteiger partial charge in [-0.15, -0.1) is 0 Å². The van der Waals surface area contributed by atoms with Crippen LogP contribution in [-0.4, -0.2) is 36.0 Å². The van der Waals surface area contributed by atoms with Crippen molar-refractivity contribution in [1.29, 1.82) is 0 Å². The van der Waals surface area contributed by atoms with E-state index in [1.807, 2.05) is 31.2 Å². The Hall–Kier alpha value is -1.10. The van der Waals surface area contributed by atoms with E-state index >= 15 is 0 Å². The van der Waals surface area contributed by atoms with Crippen molar-refractivity contribution < 1.29 is 14.9 Å². The van der Waals surface area contributed by atoms with E-state index in [2.05, 4.69) is 12.2 Å². The zero-order valence-electron chi connectivity index (χ0n) is 11.8. The second kappa shape index (κ2) is 8.91. The molecule has 4 heteroatoms. The van der Waals surface area contributed by atoms with E-state index in [0.29, 0.717) is 19.6 Å². The molecule has 0 amide bonds. The number of rotatable bonds is 9. The van der Waals surface area contributed by atoms with Crippen LogP contribution in [0.1, 0.15) is 38.4 Å². The van der Waals surface area contributed by atoms with Gasteiger partial charge in [0.05, 0.1) is 12.7 Å². The van der Waals surface area contributed by atoms with E-state index in [-0.39, 0.29) is 12.6 Å². The van der Waals surface area contributed by atoms with Crippen LogP contribution in [0.2, 0.25) is 0 Å². The maximum atomic E-state index is 10.2. The van der Waals surface area contributed by atoms with Crippen LogP contribution in [0.15, 0.2) is 24.3 Å². The van der Waals surface area contributed by atoms with Crippen LogP contribution >= 0.6 is 0 Å². The standard InChI is InChI=1S/C15H25NO3/c1-3-11-19-14-7-5-13(6-8-14)15(18)12(2)16-9-4-10-17/h5-8,12,15-18H,3-4,9-11H2,1-2H3. The molecule has 0 aromatic heterocycles. The molecule has 1 aromatic carbocycles. The molecule has 0 spiro atoms. The fourth-order valence-corrected chi connectivity index (χ4v) is 1.79. The van der Waals surface area contributed by atoms with E-state index in [4.69, 9.17) is 9.84 Å². The second-order valence-electron chi connectivity index (χ2n) is 4.68. The van der Waals surface area contributed by atoms with Crippen molar-refractivity contribution in [3.63, 3.8) is 0 Å². The molecule has 0 fully saturated rings. The predicted molar refractivity (Wildman–Crippen MR) is 76.4 cm³/mol. The monoisotopic (exact) mass is 267 g/mol. The van der Waals surface area contributed by atoms with Crippen molar-refractivity contribution in [1.82, 2.24) is 5.32 Å². The van der Waals surface area contributed by atoms with Crippen molar-refractivity contribution in [3.8, 4) is 5.75 Å². The first-order valence-electron chi connectivity index (χ1n) is 6.94. The van der Waals surface area contributed by atoms with Gasteiger partial charge >= 0.3 is 0 Å². The molecule has 19 heavy (non-hydrogen) atoms. The van der Waals surface area contributed by atoms with E-state index in [9.17, 15) is 5.11 Å². The molecule has 0 heterocycles. The molecular weight excluding hydrogens is 242 g/mol. The van der Waals surface area contributed by atoms with E-state index in [1.54, 1.807) is 0 Å². The third-order valence-corrected chi connectivity index (χ3v) is 2.97. The Morgan fingerprint density at radius 3 is 2.53 bits per heavy atom. The lowest BCUT2D eigenvalue weighted by molar-refractivity contribution is 0.134. The van der Waals surface area contributed by atoms with Crippen molar-refractivity contribution >= 4 is 0 Å². The summed E-state index contributed by atoms with van der Waals surface area (Å²) in [5.74, 6) is 0.832. The number of hydrogen-bond acceptors (Lipinski definition) is 4.